The molecule has 1 aromatic carbocycles. The Hall–Kier alpha value is -3.22. The third kappa shape index (κ3) is 2.96. The topological polar surface area (TPSA) is 108 Å². The third-order valence-corrected chi connectivity index (χ3v) is 3.71. The number of pyridine rings is 1. The molecule has 2 heterocycles. The lowest BCUT2D eigenvalue weighted by atomic mass is 10.0. The number of amides is 1. The molecule has 7 nitrogen and oxygen atoms in total. The lowest BCUT2D eigenvalue weighted by Crippen LogP contribution is -2.17. The second-order valence-electron chi connectivity index (χ2n) is 5.56. The summed E-state index contributed by atoms with van der Waals surface area (Å²) in [5.41, 5.74) is 2.99. The molecule has 0 bridgehead atoms. The molecule has 0 spiro atoms. The van der Waals surface area contributed by atoms with E-state index in [1.807, 2.05) is 19.9 Å². The Morgan fingerprint density at radius 2 is 2.00 bits per heavy atom. The Balaban J connectivity index is 1.85. The largest absolute Gasteiger partial charge is 0.478 e. The third-order valence-electron chi connectivity index (χ3n) is 3.71. The van der Waals surface area contributed by atoms with E-state index in [1.165, 1.54) is 6.07 Å². The van der Waals surface area contributed by atoms with Gasteiger partial charge in [-0.25, -0.2) is 9.78 Å². The van der Waals surface area contributed by atoms with Gasteiger partial charge >= 0.3 is 5.97 Å². The number of carbonyl (C=O) groups excluding carboxylic acids is 1. The summed E-state index contributed by atoms with van der Waals surface area (Å²) in [6, 6.07) is 8.35. The first-order valence-electron chi connectivity index (χ1n) is 7.39. The van der Waals surface area contributed by atoms with Crippen molar-refractivity contribution in [3.63, 3.8) is 0 Å². The van der Waals surface area contributed by atoms with E-state index in [2.05, 4.69) is 20.5 Å². The van der Waals surface area contributed by atoms with Crippen LogP contribution in [0.4, 0.5) is 5.82 Å². The molecule has 0 fully saturated rings. The lowest BCUT2D eigenvalue weighted by molar-refractivity contribution is -0.115. The van der Waals surface area contributed by atoms with Crippen LogP contribution in [0.1, 0.15) is 27.2 Å². The number of carboxylic acids is 1. The number of nitrogens with one attached hydrogen (secondary N) is 2. The zero-order valence-corrected chi connectivity index (χ0v) is 13.3. The summed E-state index contributed by atoms with van der Waals surface area (Å²) in [7, 11) is 0. The Morgan fingerprint density at radius 1 is 1.25 bits per heavy atom. The molecule has 0 aliphatic rings. The molecule has 0 unspecified atom stereocenters. The Morgan fingerprint density at radius 3 is 2.75 bits per heavy atom. The first kappa shape index (κ1) is 15.7. The van der Waals surface area contributed by atoms with Crippen LogP contribution in [0.2, 0.25) is 0 Å². The summed E-state index contributed by atoms with van der Waals surface area (Å²) in [4.78, 5) is 27.9. The number of aromatic carboxylic acids is 1. The van der Waals surface area contributed by atoms with E-state index < -0.39 is 5.97 Å². The van der Waals surface area contributed by atoms with Gasteiger partial charge in [0.15, 0.2) is 11.5 Å². The highest BCUT2D eigenvalue weighted by Gasteiger charge is 2.16. The predicted octanol–water partition coefficient (Wildman–Crippen LogP) is 2.45. The number of H-pyrrole nitrogens is 1. The number of anilines is 1. The standard InChI is InChI=1S/C17H16N4O3/c1-9-7-10(2)18-15-14(9)16(21-20-15)19-13(22)8-11-5-3-4-6-12(11)17(23)24/h3-7H,8H2,1-2H3,(H,23,24)(H2,18,19,20,21,22). The first-order valence-corrected chi connectivity index (χ1v) is 7.39. The minimum Gasteiger partial charge on any atom is -0.478 e. The molecule has 3 N–H and O–H groups in total. The molecular weight excluding hydrogens is 308 g/mol. The molecule has 0 radical (unpaired) electrons. The molecule has 0 atom stereocenters. The van der Waals surface area contributed by atoms with Crippen molar-refractivity contribution in [2.24, 2.45) is 0 Å². The van der Waals surface area contributed by atoms with Crippen LogP contribution in [-0.2, 0) is 11.2 Å². The van der Waals surface area contributed by atoms with Crippen molar-refractivity contribution < 1.29 is 14.7 Å². The van der Waals surface area contributed by atoms with Crippen molar-refractivity contribution in [1.82, 2.24) is 15.2 Å². The average Bonchev–Trinajstić information content (AvgIpc) is 2.90. The van der Waals surface area contributed by atoms with Crippen molar-refractivity contribution in [2.45, 2.75) is 20.3 Å². The van der Waals surface area contributed by atoms with Gasteiger partial charge in [0.05, 0.1) is 17.4 Å². The number of aromatic nitrogens is 3. The van der Waals surface area contributed by atoms with E-state index in [1.54, 1.807) is 18.2 Å². The molecule has 24 heavy (non-hydrogen) atoms. The Bertz CT molecular complexity index is 946. The minimum atomic E-state index is -1.06. The number of nitrogens with zero attached hydrogens (tertiary/aromatic N) is 2. The summed E-state index contributed by atoms with van der Waals surface area (Å²) in [6.07, 6.45) is -0.0465. The number of aromatic amines is 1. The fourth-order valence-electron chi connectivity index (χ4n) is 2.70. The molecule has 0 saturated heterocycles. The highest BCUT2D eigenvalue weighted by atomic mass is 16.4. The van der Waals surface area contributed by atoms with E-state index in [0.29, 0.717) is 17.0 Å². The zero-order valence-electron chi connectivity index (χ0n) is 13.3. The number of fused-ring (bicyclic) bond motifs is 1. The number of rotatable bonds is 4. The van der Waals surface area contributed by atoms with E-state index in [-0.39, 0.29) is 17.9 Å². The normalized spacial score (nSPS) is 10.8. The van der Waals surface area contributed by atoms with Crippen LogP contribution in [0, 0.1) is 13.8 Å². The molecule has 1 amide bonds. The van der Waals surface area contributed by atoms with E-state index in [9.17, 15) is 14.7 Å². The van der Waals surface area contributed by atoms with Crippen LogP contribution in [0.15, 0.2) is 30.3 Å². The smallest absolute Gasteiger partial charge is 0.335 e. The van der Waals surface area contributed by atoms with Crippen LogP contribution in [-0.4, -0.2) is 32.2 Å². The second kappa shape index (κ2) is 6.11. The van der Waals surface area contributed by atoms with Crippen molar-refractivity contribution in [3.8, 4) is 0 Å². The van der Waals surface area contributed by atoms with Crippen LogP contribution in [0.5, 0.6) is 0 Å². The number of benzene rings is 1. The highest BCUT2D eigenvalue weighted by molar-refractivity contribution is 6.01. The number of carboxylic acid groups (broad SMARTS) is 1. The van der Waals surface area contributed by atoms with Gasteiger partial charge in [0.25, 0.3) is 0 Å². The van der Waals surface area contributed by atoms with E-state index >= 15 is 0 Å². The maximum Gasteiger partial charge on any atom is 0.335 e. The quantitative estimate of drug-likeness (QED) is 0.683. The van der Waals surface area contributed by atoms with Gasteiger partial charge in [-0.2, -0.15) is 5.10 Å². The number of carbonyl (C=O) groups is 2. The van der Waals surface area contributed by atoms with Crippen molar-refractivity contribution in [1.29, 1.82) is 0 Å². The summed E-state index contributed by atoms with van der Waals surface area (Å²) < 4.78 is 0. The fraction of sp³-hybridized carbons (Fsp3) is 0.176. The predicted molar refractivity (Wildman–Crippen MR) is 89.1 cm³/mol. The van der Waals surface area contributed by atoms with E-state index in [4.69, 9.17) is 0 Å². The summed E-state index contributed by atoms with van der Waals surface area (Å²) >= 11 is 0. The average molecular weight is 324 g/mol. The van der Waals surface area contributed by atoms with Crippen LogP contribution < -0.4 is 5.32 Å². The molecule has 0 aliphatic carbocycles. The molecule has 0 aliphatic heterocycles. The van der Waals surface area contributed by atoms with Crippen LogP contribution >= 0.6 is 0 Å². The SMILES string of the molecule is Cc1cc(C)c2c(NC(=O)Cc3ccccc3C(=O)O)n[nH]c2n1. The molecule has 7 heteroatoms. The maximum atomic E-state index is 12.3. The van der Waals surface area contributed by atoms with Gasteiger partial charge in [0, 0.05) is 5.69 Å². The number of aryl methyl sites for hydroxylation is 2. The number of hydrogen-bond acceptors (Lipinski definition) is 4. The lowest BCUT2D eigenvalue weighted by Gasteiger charge is -2.07. The van der Waals surface area contributed by atoms with E-state index in [0.717, 1.165) is 16.6 Å². The molecule has 0 saturated carbocycles. The Labute approximate surface area is 137 Å². The van der Waals surface area contributed by atoms with Crippen molar-refractivity contribution >= 4 is 28.7 Å². The first-order chi connectivity index (χ1) is 11.5. The molecule has 3 aromatic rings. The Kier molecular flexibility index (Phi) is 3.99. The van der Waals surface area contributed by atoms with Gasteiger partial charge in [-0.3, -0.25) is 9.89 Å². The van der Waals surface area contributed by atoms with Crippen LogP contribution in [0.3, 0.4) is 0 Å². The summed E-state index contributed by atoms with van der Waals surface area (Å²) in [5, 5.41) is 19.6. The fourth-order valence-corrected chi connectivity index (χ4v) is 2.70. The molecular formula is C17H16N4O3. The van der Waals surface area contributed by atoms with Gasteiger partial charge in [0.1, 0.15) is 0 Å². The van der Waals surface area contributed by atoms with Gasteiger partial charge in [-0.15, -0.1) is 0 Å². The summed E-state index contributed by atoms with van der Waals surface area (Å²) in [6.45, 7) is 3.80. The monoisotopic (exact) mass is 324 g/mol. The van der Waals surface area contributed by atoms with Crippen LogP contribution in [0.25, 0.3) is 11.0 Å². The van der Waals surface area contributed by atoms with Gasteiger partial charge in [-0.1, -0.05) is 18.2 Å². The minimum absolute atomic E-state index is 0.0465. The van der Waals surface area contributed by atoms with Gasteiger partial charge in [0.2, 0.25) is 5.91 Å². The highest BCUT2D eigenvalue weighted by Crippen LogP contribution is 2.23. The molecule has 122 valence electrons. The summed E-state index contributed by atoms with van der Waals surface area (Å²) in [5.74, 6) is -0.996. The molecule has 2 aromatic heterocycles. The second-order valence-corrected chi connectivity index (χ2v) is 5.56. The maximum absolute atomic E-state index is 12.3. The van der Waals surface area contributed by atoms with Gasteiger partial charge in [-0.05, 0) is 37.1 Å². The number of hydrogen-bond donors (Lipinski definition) is 3. The van der Waals surface area contributed by atoms with Gasteiger partial charge < -0.3 is 10.4 Å². The molecule has 3 rings (SSSR count). The zero-order chi connectivity index (χ0) is 17.3. The van der Waals surface area contributed by atoms with Crippen molar-refractivity contribution in [2.75, 3.05) is 5.32 Å². The van der Waals surface area contributed by atoms with Crippen molar-refractivity contribution in [3.05, 3.63) is 52.7 Å².